The second-order valence-corrected chi connectivity index (χ2v) is 8.73. The van der Waals surface area contributed by atoms with E-state index in [4.69, 9.17) is 4.74 Å². The van der Waals surface area contributed by atoms with Crippen LogP contribution in [0.1, 0.15) is 5.56 Å². The van der Waals surface area contributed by atoms with Gasteiger partial charge >= 0.3 is 0 Å². The highest BCUT2D eigenvalue weighted by Gasteiger charge is 2.18. The number of hydrogen-bond donors (Lipinski definition) is 1. The summed E-state index contributed by atoms with van der Waals surface area (Å²) in [6.45, 7) is -0.519. The number of benzene rings is 3. The lowest BCUT2D eigenvalue weighted by Gasteiger charge is -2.22. The number of carbonyl (C=O) groups is 1. The van der Waals surface area contributed by atoms with Crippen LogP contribution in [0.15, 0.2) is 66.7 Å². The van der Waals surface area contributed by atoms with E-state index in [9.17, 15) is 26.4 Å². The van der Waals surface area contributed by atoms with Crippen LogP contribution in [0.5, 0.6) is 5.75 Å². The maximum atomic E-state index is 13.6. The molecule has 3 aromatic rings. The van der Waals surface area contributed by atoms with E-state index in [1.807, 2.05) is 0 Å². The molecule has 0 aliphatic carbocycles. The Morgan fingerprint density at radius 1 is 0.938 bits per heavy atom. The third kappa shape index (κ3) is 6.01. The Kier molecular flexibility index (Phi) is 7.04. The van der Waals surface area contributed by atoms with Gasteiger partial charge in [-0.3, -0.25) is 9.10 Å². The molecule has 1 amide bonds. The van der Waals surface area contributed by atoms with Gasteiger partial charge in [0.15, 0.2) is 6.61 Å². The van der Waals surface area contributed by atoms with Crippen LogP contribution in [0.2, 0.25) is 0 Å². The molecule has 0 atom stereocenters. The zero-order valence-electron chi connectivity index (χ0n) is 16.9. The molecular formula is C22H19F3N2O4S. The summed E-state index contributed by atoms with van der Waals surface area (Å²) in [5, 5.41) is 2.10. The number of anilines is 2. The fourth-order valence-corrected chi connectivity index (χ4v) is 3.69. The summed E-state index contributed by atoms with van der Waals surface area (Å²) in [5.74, 6) is -2.78. The predicted octanol–water partition coefficient (Wildman–Crippen LogP) is 4.09. The minimum atomic E-state index is -3.64. The first-order chi connectivity index (χ1) is 15.1. The second kappa shape index (κ2) is 9.73. The van der Waals surface area contributed by atoms with Crippen molar-refractivity contribution in [1.29, 1.82) is 0 Å². The van der Waals surface area contributed by atoms with E-state index < -0.39 is 45.7 Å². The molecule has 3 aromatic carbocycles. The average molecular weight is 464 g/mol. The molecule has 0 heterocycles. The van der Waals surface area contributed by atoms with Crippen LogP contribution < -0.4 is 14.4 Å². The highest BCUT2D eigenvalue weighted by atomic mass is 32.2. The van der Waals surface area contributed by atoms with Crippen molar-refractivity contribution < 1.29 is 31.1 Å². The van der Waals surface area contributed by atoms with Crippen molar-refractivity contribution in [1.82, 2.24) is 0 Å². The van der Waals surface area contributed by atoms with Crippen LogP contribution in [0.4, 0.5) is 24.5 Å². The van der Waals surface area contributed by atoms with Gasteiger partial charge in [-0.1, -0.05) is 18.2 Å². The lowest BCUT2D eigenvalue weighted by Crippen LogP contribution is -2.29. The molecule has 10 heteroatoms. The van der Waals surface area contributed by atoms with Crippen LogP contribution in [-0.2, 0) is 21.4 Å². The lowest BCUT2D eigenvalue weighted by molar-refractivity contribution is -0.118. The number of halogens is 3. The van der Waals surface area contributed by atoms with Crippen molar-refractivity contribution in [3.63, 3.8) is 0 Å². The standard InChI is InChI=1S/C22H19F3N2O4S/c1-32(29,30)27(13-15-5-7-16(23)8-6-15)17-9-11-18(12-10-17)31-14-21(28)26-22-19(24)3-2-4-20(22)25/h2-12H,13-14H2,1H3,(H,26,28). The number of amides is 1. The minimum absolute atomic E-state index is 0.00404. The topological polar surface area (TPSA) is 75.7 Å². The molecule has 0 saturated carbocycles. The molecule has 0 unspecified atom stereocenters. The lowest BCUT2D eigenvalue weighted by atomic mass is 10.2. The van der Waals surface area contributed by atoms with Crippen LogP contribution in [0, 0.1) is 17.5 Å². The molecule has 0 aromatic heterocycles. The van der Waals surface area contributed by atoms with E-state index in [2.05, 4.69) is 5.32 Å². The van der Waals surface area contributed by atoms with Crippen LogP contribution >= 0.6 is 0 Å². The molecule has 1 N–H and O–H groups in total. The Bertz CT molecular complexity index is 1180. The summed E-state index contributed by atoms with van der Waals surface area (Å²) >= 11 is 0. The van der Waals surface area contributed by atoms with Crippen LogP contribution in [0.25, 0.3) is 0 Å². The predicted molar refractivity (Wildman–Crippen MR) is 114 cm³/mol. The Hall–Kier alpha value is -3.53. The first-order valence-corrected chi connectivity index (χ1v) is 11.2. The van der Waals surface area contributed by atoms with Gasteiger partial charge in [0.1, 0.15) is 28.9 Å². The molecule has 0 radical (unpaired) electrons. The van der Waals surface area contributed by atoms with Gasteiger partial charge in [-0.05, 0) is 54.1 Å². The number of rotatable bonds is 8. The van der Waals surface area contributed by atoms with E-state index in [0.29, 0.717) is 11.3 Å². The molecule has 3 rings (SSSR count). The number of sulfonamides is 1. The SMILES string of the molecule is CS(=O)(=O)N(Cc1ccc(F)cc1)c1ccc(OCC(=O)Nc2c(F)cccc2F)cc1. The smallest absolute Gasteiger partial charge is 0.262 e. The number of para-hydroxylation sites is 1. The highest BCUT2D eigenvalue weighted by Crippen LogP contribution is 2.24. The van der Waals surface area contributed by atoms with Gasteiger partial charge in [0.05, 0.1) is 18.5 Å². The van der Waals surface area contributed by atoms with E-state index in [-0.39, 0.29) is 12.3 Å². The fourth-order valence-electron chi connectivity index (χ4n) is 2.81. The van der Waals surface area contributed by atoms with Crippen molar-refractivity contribution in [2.75, 3.05) is 22.5 Å². The van der Waals surface area contributed by atoms with Crippen molar-refractivity contribution in [2.45, 2.75) is 6.54 Å². The molecular weight excluding hydrogens is 445 g/mol. The van der Waals surface area contributed by atoms with Crippen molar-refractivity contribution in [3.8, 4) is 5.75 Å². The molecule has 32 heavy (non-hydrogen) atoms. The number of carbonyl (C=O) groups excluding carboxylic acids is 1. The number of ether oxygens (including phenoxy) is 1. The summed E-state index contributed by atoms with van der Waals surface area (Å²) < 4.78 is 71.2. The molecule has 0 fully saturated rings. The van der Waals surface area contributed by atoms with E-state index >= 15 is 0 Å². The summed E-state index contributed by atoms with van der Waals surface area (Å²) in [6, 6.07) is 14.5. The Labute approximate surface area is 183 Å². The Morgan fingerprint density at radius 2 is 1.53 bits per heavy atom. The zero-order valence-corrected chi connectivity index (χ0v) is 17.7. The summed E-state index contributed by atoms with van der Waals surface area (Å²) in [6.07, 6.45) is 1.05. The minimum Gasteiger partial charge on any atom is -0.484 e. The van der Waals surface area contributed by atoms with E-state index in [0.717, 1.165) is 22.7 Å². The van der Waals surface area contributed by atoms with Gasteiger partial charge < -0.3 is 10.1 Å². The van der Waals surface area contributed by atoms with E-state index in [1.54, 1.807) is 0 Å². The molecule has 6 nitrogen and oxygen atoms in total. The van der Waals surface area contributed by atoms with Crippen molar-refractivity contribution in [2.24, 2.45) is 0 Å². The zero-order chi connectivity index (χ0) is 23.3. The third-order valence-electron chi connectivity index (χ3n) is 4.36. The first-order valence-electron chi connectivity index (χ1n) is 9.32. The summed E-state index contributed by atoms with van der Waals surface area (Å²) in [5.41, 5.74) is 0.359. The fraction of sp³-hybridized carbons (Fsp3) is 0.136. The largest absolute Gasteiger partial charge is 0.484 e. The highest BCUT2D eigenvalue weighted by molar-refractivity contribution is 7.92. The summed E-state index contributed by atoms with van der Waals surface area (Å²) in [7, 11) is -3.64. The van der Waals surface area contributed by atoms with Gasteiger partial charge in [-0.15, -0.1) is 0 Å². The normalized spacial score (nSPS) is 11.1. The Balaban J connectivity index is 1.66. The monoisotopic (exact) mass is 464 g/mol. The maximum absolute atomic E-state index is 13.6. The second-order valence-electron chi connectivity index (χ2n) is 6.82. The molecule has 0 aliphatic heterocycles. The third-order valence-corrected chi connectivity index (χ3v) is 5.50. The van der Waals surface area contributed by atoms with Gasteiger partial charge in [-0.2, -0.15) is 0 Å². The molecule has 0 bridgehead atoms. The summed E-state index contributed by atoms with van der Waals surface area (Å²) in [4.78, 5) is 11.9. The number of hydrogen-bond acceptors (Lipinski definition) is 4. The van der Waals surface area contributed by atoms with Crippen LogP contribution in [0.3, 0.4) is 0 Å². The van der Waals surface area contributed by atoms with Gasteiger partial charge in [0.2, 0.25) is 10.0 Å². The molecule has 0 aliphatic rings. The van der Waals surface area contributed by atoms with Gasteiger partial charge in [0.25, 0.3) is 5.91 Å². The number of nitrogens with zero attached hydrogens (tertiary/aromatic N) is 1. The molecule has 168 valence electrons. The van der Waals surface area contributed by atoms with Gasteiger partial charge in [-0.25, -0.2) is 21.6 Å². The van der Waals surface area contributed by atoms with E-state index in [1.165, 1.54) is 54.6 Å². The molecule has 0 saturated heterocycles. The Morgan fingerprint density at radius 3 is 2.09 bits per heavy atom. The van der Waals surface area contributed by atoms with Crippen molar-refractivity contribution in [3.05, 3.63) is 89.7 Å². The molecule has 0 spiro atoms. The van der Waals surface area contributed by atoms with Crippen LogP contribution in [-0.4, -0.2) is 27.2 Å². The maximum Gasteiger partial charge on any atom is 0.262 e. The quantitative estimate of drug-likeness (QED) is 0.545. The number of nitrogens with one attached hydrogen (secondary N) is 1. The van der Waals surface area contributed by atoms with Gasteiger partial charge in [0, 0.05) is 0 Å². The van der Waals surface area contributed by atoms with Crippen molar-refractivity contribution >= 4 is 27.3 Å². The average Bonchev–Trinajstić information content (AvgIpc) is 2.74. The first kappa shape index (κ1) is 23.1.